The summed E-state index contributed by atoms with van der Waals surface area (Å²) in [6, 6.07) is -3.56. The van der Waals surface area contributed by atoms with Gasteiger partial charge in [-0.25, -0.2) is 0 Å². The largest absolute Gasteiger partial charge is 0.394 e. The molecule has 6 aliphatic heterocycles. The van der Waals surface area contributed by atoms with Crippen LogP contribution in [-0.2, 0) is 66.4 Å². The molecule has 0 saturated carbocycles. The van der Waals surface area contributed by atoms with Gasteiger partial charge in [-0.05, 0) is 6.92 Å². The molecular formula is C46H80N2O35. The number of aliphatic hydroxyl groups is 21. The van der Waals surface area contributed by atoms with Crippen LogP contribution < -0.4 is 10.6 Å². The molecule has 0 aromatic rings. The molecule has 83 heavy (non-hydrogen) atoms. The molecule has 0 aromatic heterocycles. The molecule has 6 aliphatic rings. The summed E-state index contributed by atoms with van der Waals surface area (Å²) in [5, 5.41) is 231. The third-order valence-electron chi connectivity index (χ3n) is 14.9. The summed E-state index contributed by atoms with van der Waals surface area (Å²) in [5.74, 6) is -1.73. The van der Waals surface area contributed by atoms with Crippen LogP contribution in [0.1, 0.15) is 20.8 Å². The Morgan fingerprint density at radius 3 is 1.37 bits per heavy atom. The maximum Gasteiger partial charge on any atom is 0.217 e. The second kappa shape index (κ2) is 30.7. The number of hydrogen-bond acceptors (Lipinski definition) is 35. The summed E-state index contributed by atoms with van der Waals surface area (Å²) in [6.07, 6.45) is -62.5. The van der Waals surface area contributed by atoms with Crippen molar-refractivity contribution >= 4 is 11.8 Å². The van der Waals surface area contributed by atoms with E-state index in [1.165, 1.54) is 6.92 Å². The van der Waals surface area contributed by atoms with Gasteiger partial charge in [0.2, 0.25) is 11.8 Å². The fourth-order valence-corrected chi connectivity index (χ4v) is 10.1. The number of nitrogens with one attached hydrogen (secondary N) is 2. The van der Waals surface area contributed by atoms with E-state index in [2.05, 4.69) is 10.6 Å². The monoisotopic (exact) mass is 1220 g/mol. The van der Waals surface area contributed by atoms with Crippen LogP contribution in [-0.4, -0.2) is 374 Å². The van der Waals surface area contributed by atoms with Crippen LogP contribution in [0.25, 0.3) is 0 Å². The number of hydrogen-bond donors (Lipinski definition) is 23. The van der Waals surface area contributed by atoms with Crippen molar-refractivity contribution in [2.24, 2.45) is 0 Å². The predicted molar refractivity (Wildman–Crippen MR) is 256 cm³/mol. The molecule has 0 spiro atoms. The lowest BCUT2D eigenvalue weighted by Crippen LogP contribution is -2.69. The minimum Gasteiger partial charge on any atom is -0.394 e. The van der Waals surface area contributed by atoms with Crippen LogP contribution in [0.5, 0.6) is 0 Å². The first-order chi connectivity index (χ1) is 39.1. The minimum atomic E-state index is -2.34. The summed E-state index contributed by atoms with van der Waals surface area (Å²) in [7, 11) is 0. The van der Waals surface area contributed by atoms with Crippen LogP contribution in [0, 0.1) is 0 Å². The van der Waals surface area contributed by atoms with E-state index in [4.69, 9.17) is 56.8 Å². The fourth-order valence-electron chi connectivity index (χ4n) is 10.1. The van der Waals surface area contributed by atoms with E-state index >= 15 is 0 Å². The first kappa shape index (κ1) is 69.7. The molecule has 37 heteroatoms. The first-order valence-corrected chi connectivity index (χ1v) is 26.4. The summed E-state index contributed by atoms with van der Waals surface area (Å²) in [4.78, 5) is 24.9. The molecule has 6 saturated heterocycles. The third kappa shape index (κ3) is 15.9. The standard InChI is InChI=1S/C46H80N2O35/c1-11-22(57)29(64)32(67)42(74-11)72-9-15(56)37(23(58)14(4-49)47-12(2)54)80-41-21(48-13(3)55)28(63)38(19(8-53)78-41)81-46-36(71)40(83-45-34(69)31(66)25(60)17(6-51)77-45)27(62)20(79-46)10-73-43-35(70)39(26(61)18(7-52)75-43)82-44-33(68)30(65)24(59)16(5-50)76-44/h11,14-46,49-53,56-71H,4-10H2,1-3H3,(H,47,54)(H,48,55)/t11-,14-,15+,16+,17+,18+,19+,20+,21+,22+,23+,24+,25+,26+,27+,28+,29+,30-,31-,32-,33-,34-,35-,36-,37+,38+,39-,40-,41?,42?,43?,44?,45?,46?/m0/s1. The number of rotatable bonds is 24. The van der Waals surface area contributed by atoms with Crippen LogP contribution in [0.3, 0.4) is 0 Å². The van der Waals surface area contributed by atoms with E-state index in [0.29, 0.717) is 0 Å². The predicted octanol–water partition coefficient (Wildman–Crippen LogP) is -15.3. The Kier molecular flexibility index (Phi) is 25.8. The first-order valence-electron chi connectivity index (χ1n) is 26.4. The molecule has 0 aliphatic carbocycles. The lowest BCUT2D eigenvalue weighted by molar-refractivity contribution is -0.385. The molecule has 6 rings (SSSR count). The summed E-state index contributed by atoms with van der Waals surface area (Å²) >= 11 is 0. The van der Waals surface area contributed by atoms with Crippen molar-refractivity contribution in [2.75, 3.05) is 46.2 Å². The Labute approximate surface area is 471 Å². The molecule has 37 nitrogen and oxygen atoms in total. The maximum atomic E-state index is 12.8. The molecule has 6 heterocycles. The van der Waals surface area contributed by atoms with Gasteiger partial charge in [0, 0.05) is 13.8 Å². The number of aliphatic hydroxyl groups excluding tert-OH is 21. The van der Waals surface area contributed by atoms with Gasteiger partial charge in [-0.15, -0.1) is 0 Å². The van der Waals surface area contributed by atoms with E-state index in [1.807, 2.05) is 0 Å². The van der Waals surface area contributed by atoms with Crippen molar-refractivity contribution in [2.45, 2.75) is 229 Å². The van der Waals surface area contributed by atoms with Crippen LogP contribution in [0.2, 0.25) is 0 Å². The highest BCUT2D eigenvalue weighted by Crippen LogP contribution is 2.36. The van der Waals surface area contributed by atoms with Crippen molar-refractivity contribution < 1.29 is 174 Å². The van der Waals surface area contributed by atoms with Gasteiger partial charge in [-0.3, -0.25) is 9.59 Å². The molecule has 0 bridgehead atoms. The number of amides is 2. The van der Waals surface area contributed by atoms with Crippen molar-refractivity contribution in [3.63, 3.8) is 0 Å². The Morgan fingerprint density at radius 1 is 0.446 bits per heavy atom. The molecule has 6 fully saturated rings. The highest BCUT2D eigenvalue weighted by Gasteiger charge is 2.57. The van der Waals surface area contributed by atoms with Gasteiger partial charge < -0.3 is 175 Å². The summed E-state index contributed by atoms with van der Waals surface area (Å²) < 4.78 is 68.2. The fraction of sp³-hybridized carbons (Fsp3) is 0.957. The SMILES string of the molecule is CC(=O)N[C@@H](CO)[C@@H](O)[C@H](OC1O[C@H](CO)[C@@H](OC2O[C@H](COC3O[C@H](CO)[C@@H](O)[C@H](OC4O[C@H](CO)[C@@H](O)[C@H](O)[C@@H]4O)[C@@H]3O)[C@@H](O)[C@H](OC3O[C@H](CO)[C@@H](O)[C@H](O)[C@@H]3O)[C@@H]2O)[C@H](O)[C@H]1NC(C)=O)[C@H](O)COC1O[C@@H](C)[C@@H](O)[C@@H](O)[C@@H]1O. The average Bonchev–Trinajstić information content (AvgIpc) is 3.50. The van der Waals surface area contributed by atoms with Gasteiger partial charge in [0.1, 0.15) is 159 Å². The molecular weight excluding hydrogens is 1140 g/mol. The summed E-state index contributed by atoms with van der Waals surface area (Å²) in [6.45, 7) is -3.72. The van der Waals surface area contributed by atoms with Gasteiger partial charge in [-0.1, -0.05) is 0 Å². The average molecular weight is 1220 g/mol. The van der Waals surface area contributed by atoms with Crippen LogP contribution in [0.4, 0.5) is 0 Å². The Balaban J connectivity index is 1.28. The second-order valence-corrected chi connectivity index (χ2v) is 20.9. The molecule has 23 N–H and O–H groups in total. The minimum absolute atomic E-state index is 0.800. The Hall–Kier alpha value is -2.38. The third-order valence-corrected chi connectivity index (χ3v) is 14.9. The molecule has 2 amide bonds. The van der Waals surface area contributed by atoms with Gasteiger partial charge in [-0.2, -0.15) is 0 Å². The highest BCUT2D eigenvalue weighted by molar-refractivity contribution is 5.73. The van der Waals surface area contributed by atoms with Gasteiger partial charge in [0.25, 0.3) is 0 Å². The van der Waals surface area contributed by atoms with Gasteiger partial charge in [0.15, 0.2) is 37.7 Å². The highest BCUT2D eigenvalue weighted by atomic mass is 16.8. The smallest absolute Gasteiger partial charge is 0.217 e. The maximum absolute atomic E-state index is 12.8. The van der Waals surface area contributed by atoms with Crippen molar-refractivity contribution in [3.8, 4) is 0 Å². The quantitative estimate of drug-likeness (QED) is 0.0427. The number of carbonyl (C=O) groups excluding carboxylic acids is 2. The van der Waals surface area contributed by atoms with Crippen molar-refractivity contribution in [1.82, 2.24) is 10.6 Å². The van der Waals surface area contributed by atoms with Crippen molar-refractivity contribution in [3.05, 3.63) is 0 Å². The molecule has 6 unspecified atom stereocenters. The topological polar surface area (TPSA) is 594 Å². The lowest BCUT2D eigenvalue weighted by Gasteiger charge is -2.49. The lowest BCUT2D eigenvalue weighted by atomic mass is 9.94. The number of ether oxygens (including phenoxy) is 12. The van der Waals surface area contributed by atoms with E-state index in [-0.39, 0.29) is 0 Å². The van der Waals surface area contributed by atoms with E-state index in [0.717, 1.165) is 13.8 Å². The van der Waals surface area contributed by atoms with Crippen LogP contribution in [0.15, 0.2) is 0 Å². The summed E-state index contributed by atoms with van der Waals surface area (Å²) in [5.41, 5.74) is 0. The van der Waals surface area contributed by atoms with Gasteiger partial charge in [0.05, 0.1) is 58.4 Å². The zero-order valence-electron chi connectivity index (χ0n) is 44.7. The normalized spacial score (nSPS) is 46.8. The zero-order valence-corrected chi connectivity index (χ0v) is 44.7. The Morgan fingerprint density at radius 2 is 0.867 bits per heavy atom. The molecule has 0 aromatic carbocycles. The van der Waals surface area contributed by atoms with E-state index < -0.39 is 267 Å². The van der Waals surface area contributed by atoms with Gasteiger partial charge >= 0.3 is 0 Å². The Bertz CT molecular complexity index is 1990. The van der Waals surface area contributed by atoms with E-state index in [1.54, 1.807) is 0 Å². The molecule has 34 atom stereocenters. The van der Waals surface area contributed by atoms with Crippen LogP contribution >= 0.6 is 0 Å². The molecule has 484 valence electrons. The second-order valence-electron chi connectivity index (χ2n) is 20.9. The molecule has 0 radical (unpaired) electrons. The zero-order chi connectivity index (χ0) is 61.6. The van der Waals surface area contributed by atoms with E-state index in [9.17, 15) is 117 Å². The van der Waals surface area contributed by atoms with Crippen molar-refractivity contribution in [1.29, 1.82) is 0 Å². The number of carbonyl (C=O) groups is 2.